The molecule has 2 aliphatic rings. The van der Waals surface area contributed by atoms with Crippen molar-refractivity contribution < 1.29 is 18.8 Å². The summed E-state index contributed by atoms with van der Waals surface area (Å²) in [6, 6.07) is 4.98. The van der Waals surface area contributed by atoms with E-state index in [4.69, 9.17) is 0 Å². The Labute approximate surface area is 158 Å². The molecule has 3 atom stereocenters. The van der Waals surface area contributed by atoms with Gasteiger partial charge in [0.25, 0.3) is 5.91 Å². The first kappa shape index (κ1) is 19.3. The second kappa shape index (κ2) is 7.66. The van der Waals surface area contributed by atoms with Gasteiger partial charge >= 0.3 is 6.03 Å². The van der Waals surface area contributed by atoms with Crippen molar-refractivity contribution in [2.45, 2.75) is 57.5 Å². The number of rotatable bonds is 5. The molecule has 27 heavy (non-hydrogen) atoms. The van der Waals surface area contributed by atoms with Crippen molar-refractivity contribution in [1.29, 1.82) is 0 Å². The SMILES string of the molecule is CC[C@]1(c2ccc(F)cc2)NC(=O)N(CC(=O)N[C@@H]2CCCC[C@@H]2C)C1=O. The fourth-order valence-corrected chi connectivity index (χ4v) is 4.07. The number of nitrogens with zero attached hydrogens (tertiary/aromatic N) is 1. The Morgan fingerprint density at radius 3 is 2.56 bits per heavy atom. The molecule has 1 aliphatic carbocycles. The first-order chi connectivity index (χ1) is 12.9. The minimum Gasteiger partial charge on any atom is -0.352 e. The summed E-state index contributed by atoms with van der Waals surface area (Å²) in [4.78, 5) is 38.9. The predicted molar refractivity (Wildman–Crippen MR) is 98.2 cm³/mol. The minimum atomic E-state index is -1.26. The molecule has 2 N–H and O–H groups in total. The van der Waals surface area contributed by atoms with Crippen LogP contribution in [0.1, 0.15) is 51.5 Å². The lowest BCUT2D eigenvalue weighted by Crippen LogP contribution is -2.48. The highest BCUT2D eigenvalue weighted by molar-refractivity contribution is 6.09. The number of carbonyl (C=O) groups is 3. The van der Waals surface area contributed by atoms with Crippen LogP contribution in [0.4, 0.5) is 9.18 Å². The smallest absolute Gasteiger partial charge is 0.325 e. The molecule has 2 fully saturated rings. The van der Waals surface area contributed by atoms with Gasteiger partial charge in [-0.2, -0.15) is 0 Å². The molecule has 0 bridgehead atoms. The van der Waals surface area contributed by atoms with E-state index in [1.54, 1.807) is 6.92 Å². The van der Waals surface area contributed by atoms with Crippen molar-refractivity contribution in [2.24, 2.45) is 5.92 Å². The molecule has 7 heteroatoms. The zero-order valence-electron chi connectivity index (χ0n) is 15.8. The number of hydrogen-bond donors (Lipinski definition) is 2. The fraction of sp³-hybridized carbons (Fsp3) is 0.550. The minimum absolute atomic E-state index is 0.0834. The summed E-state index contributed by atoms with van der Waals surface area (Å²) in [7, 11) is 0. The Morgan fingerprint density at radius 2 is 1.93 bits per heavy atom. The van der Waals surface area contributed by atoms with Gasteiger partial charge in [0.2, 0.25) is 5.91 Å². The van der Waals surface area contributed by atoms with E-state index in [2.05, 4.69) is 17.6 Å². The molecule has 1 saturated carbocycles. The summed E-state index contributed by atoms with van der Waals surface area (Å²) < 4.78 is 13.2. The number of nitrogens with one attached hydrogen (secondary N) is 2. The van der Waals surface area contributed by atoms with Gasteiger partial charge in [-0.05, 0) is 42.9 Å². The summed E-state index contributed by atoms with van der Waals surface area (Å²) in [5.74, 6) is -0.837. The lowest BCUT2D eigenvalue weighted by atomic mass is 9.86. The molecule has 1 aromatic carbocycles. The van der Waals surface area contributed by atoms with E-state index >= 15 is 0 Å². The summed E-state index contributed by atoms with van der Waals surface area (Å²) in [5.41, 5.74) is -0.753. The maximum atomic E-state index is 13.2. The van der Waals surface area contributed by atoms with Crippen LogP contribution in [-0.4, -0.2) is 35.3 Å². The van der Waals surface area contributed by atoms with Crippen molar-refractivity contribution >= 4 is 17.8 Å². The Bertz CT molecular complexity index is 736. The third-order valence-electron chi connectivity index (χ3n) is 5.80. The largest absolute Gasteiger partial charge is 0.352 e. The summed E-state index contributed by atoms with van der Waals surface area (Å²) in [5, 5.41) is 5.67. The Kier molecular flexibility index (Phi) is 5.48. The number of hydrogen-bond acceptors (Lipinski definition) is 3. The van der Waals surface area contributed by atoms with Crippen LogP contribution >= 0.6 is 0 Å². The molecule has 146 valence electrons. The van der Waals surface area contributed by atoms with Crippen molar-refractivity contribution in [2.75, 3.05) is 6.54 Å². The zero-order chi connectivity index (χ0) is 19.6. The zero-order valence-corrected chi connectivity index (χ0v) is 15.8. The van der Waals surface area contributed by atoms with Crippen LogP contribution in [0.5, 0.6) is 0 Å². The standard InChI is InChI=1S/C20H26FN3O3/c1-3-20(14-8-10-15(21)11-9-14)18(26)24(19(27)23-20)12-17(25)22-16-7-5-4-6-13(16)2/h8-11,13,16H,3-7,12H2,1-2H3,(H,22,25)(H,23,27)/t13-,16+,20+/m0/s1. The van der Waals surface area contributed by atoms with Crippen LogP contribution in [0.3, 0.4) is 0 Å². The molecule has 3 rings (SSSR count). The normalized spacial score (nSPS) is 28.2. The van der Waals surface area contributed by atoms with Crippen LogP contribution in [0.25, 0.3) is 0 Å². The highest BCUT2D eigenvalue weighted by Crippen LogP contribution is 2.32. The van der Waals surface area contributed by atoms with Gasteiger partial charge in [-0.15, -0.1) is 0 Å². The lowest BCUT2D eigenvalue weighted by molar-refractivity contribution is -0.135. The van der Waals surface area contributed by atoms with Gasteiger partial charge in [0, 0.05) is 6.04 Å². The number of benzene rings is 1. The molecule has 1 aromatic rings. The first-order valence-electron chi connectivity index (χ1n) is 9.57. The third-order valence-corrected chi connectivity index (χ3v) is 5.80. The van der Waals surface area contributed by atoms with Crippen LogP contribution < -0.4 is 10.6 Å². The number of amides is 4. The van der Waals surface area contributed by atoms with E-state index in [0.29, 0.717) is 17.9 Å². The molecular formula is C20H26FN3O3. The Balaban J connectivity index is 1.73. The van der Waals surface area contributed by atoms with Gasteiger partial charge in [-0.3, -0.25) is 14.5 Å². The van der Waals surface area contributed by atoms with Gasteiger partial charge in [-0.25, -0.2) is 9.18 Å². The third kappa shape index (κ3) is 3.68. The average Bonchev–Trinajstić information content (AvgIpc) is 2.89. The van der Waals surface area contributed by atoms with Gasteiger partial charge in [0.05, 0.1) is 0 Å². The highest BCUT2D eigenvalue weighted by atomic mass is 19.1. The molecule has 0 unspecified atom stereocenters. The van der Waals surface area contributed by atoms with E-state index in [1.165, 1.54) is 24.3 Å². The van der Waals surface area contributed by atoms with E-state index in [9.17, 15) is 18.8 Å². The molecule has 1 saturated heterocycles. The molecule has 0 radical (unpaired) electrons. The van der Waals surface area contributed by atoms with Crippen LogP contribution in [-0.2, 0) is 15.1 Å². The number of imide groups is 1. The molecular weight excluding hydrogens is 349 g/mol. The van der Waals surface area contributed by atoms with Crippen molar-refractivity contribution in [3.63, 3.8) is 0 Å². The number of halogens is 1. The van der Waals surface area contributed by atoms with Crippen LogP contribution in [0, 0.1) is 11.7 Å². The Morgan fingerprint density at radius 1 is 1.26 bits per heavy atom. The van der Waals surface area contributed by atoms with Crippen LogP contribution in [0.15, 0.2) is 24.3 Å². The fourth-order valence-electron chi connectivity index (χ4n) is 4.07. The van der Waals surface area contributed by atoms with Crippen molar-refractivity contribution in [3.05, 3.63) is 35.6 Å². The second-order valence-corrected chi connectivity index (χ2v) is 7.52. The molecule has 0 spiro atoms. The maximum Gasteiger partial charge on any atom is 0.325 e. The predicted octanol–water partition coefficient (Wildman–Crippen LogP) is 2.68. The number of urea groups is 1. The summed E-state index contributed by atoms with van der Waals surface area (Å²) in [6.45, 7) is 3.57. The first-order valence-corrected chi connectivity index (χ1v) is 9.57. The van der Waals surface area contributed by atoms with Crippen molar-refractivity contribution in [3.8, 4) is 0 Å². The molecule has 6 nitrogen and oxygen atoms in total. The molecule has 0 aromatic heterocycles. The average molecular weight is 375 g/mol. The highest BCUT2D eigenvalue weighted by Gasteiger charge is 2.51. The molecule has 1 heterocycles. The lowest BCUT2D eigenvalue weighted by Gasteiger charge is -2.30. The topological polar surface area (TPSA) is 78.5 Å². The van der Waals surface area contributed by atoms with Gasteiger partial charge < -0.3 is 10.6 Å². The van der Waals surface area contributed by atoms with E-state index in [0.717, 1.165) is 30.6 Å². The van der Waals surface area contributed by atoms with Crippen molar-refractivity contribution in [1.82, 2.24) is 15.5 Å². The summed E-state index contributed by atoms with van der Waals surface area (Å²) >= 11 is 0. The monoisotopic (exact) mass is 375 g/mol. The van der Waals surface area contributed by atoms with Gasteiger partial charge in [0.1, 0.15) is 17.9 Å². The summed E-state index contributed by atoms with van der Waals surface area (Å²) in [6.07, 6.45) is 4.53. The van der Waals surface area contributed by atoms with Gasteiger partial charge in [-0.1, -0.05) is 38.8 Å². The maximum absolute atomic E-state index is 13.2. The number of carbonyl (C=O) groups excluding carboxylic acids is 3. The van der Waals surface area contributed by atoms with Crippen LogP contribution in [0.2, 0.25) is 0 Å². The molecule has 4 amide bonds. The quantitative estimate of drug-likeness (QED) is 0.777. The van der Waals surface area contributed by atoms with E-state index < -0.39 is 23.3 Å². The van der Waals surface area contributed by atoms with E-state index in [1.807, 2.05) is 0 Å². The molecule has 1 aliphatic heterocycles. The Hall–Kier alpha value is -2.44. The van der Waals surface area contributed by atoms with E-state index in [-0.39, 0.29) is 18.5 Å². The second-order valence-electron chi connectivity index (χ2n) is 7.52. The van der Waals surface area contributed by atoms with Gasteiger partial charge in [0.15, 0.2) is 0 Å².